The standard InChI is InChI=1S/C18H39N5O2/c1-11-19-14(21-13-18(7,8)23(9)10)20-12-17(5,6)22-15(24)25-16(2,3)4/h11-13H2,1-10H3,(H,22,24)(H2,19,20,21). The van der Waals surface area contributed by atoms with E-state index < -0.39 is 17.2 Å². The van der Waals surface area contributed by atoms with Crippen LogP contribution in [0.1, 0.15) is 55.4 Å². The zero-order chi connectivity index (χ0) is 19.9. The van der Waals surface area contributed by atoms with Gasteiger partial charge in [-0.15, -0.1) is 0 Å². The predicted molar refractivity (Wildman–Crippen MR) is 105 cm³/mol. The van der Waals surface area contributed by atoms with E-state index >= 15 is 0 Å². The number of guanidine groups is 1. The van der Waals surface area contributed by atoms with Crippen molar-refractivity contribution < 1.29 is 9.53 Å². The maximum atomic E-state index is 12.0. The summed E-state index contributed by atoms with van der Waals surface area (Å²) >= 11 is 0. The van der Waals surface area contributed by atoms with Gasteiger partial charge in [-0.05, 0) is 69.5 Å². The molecule has 25 heavy (non-hydrogen) atoms. The van der Waals surface area contributed by atoms with E-state index in [1.165, 1.54) is 0 Å². The highest BCUT2D eigenvalue weighted by Gasteiger charge is 2.25. The fourth-order valence-corrected chi connectivity index (χ4v) is 1.68. The summed E-state index contributed by atoms with van der Waals surface area (Å²) in [6.45, 7) is 17.7. The van der Waals surface area contributed by atoms with E-state index in [9.17, 15) is 4.79 Å². The molecule has 0 bridgehead atoms. The van der Waals surface area contributed by atoms with E-state index in [1.54, 1.807) is 0 Å². The minimum atomic E-state index is -0.512. The lowest BCUT2D eigenvalue weighted by Gasteiger charge is -2.32. The van der Waals surface area contributed by atoms with Gasteiger partial charge in [0.05, 0.1) is 12.1 Å². The van der Waals surface area contributed by atoms with E-state index in [0.29, 0.717) is 13.1 Å². The van der Waals surface area contributed by atoms with Gasteiger partial charge in [-0.1, -0.05) is 0 Å². The summed E-state index contributed by atoms with van der Waals surface area (Å²) in [7, 11) is 4.09. The van der Waals surface area contributed by atoms with E-state index in [-0.39, 0.29) is 5.54 Å². The van der Waals surface area contributed by atoms with Crippen molar-refractivity contribution >= 4 is 12.1 Å². The van der Waals surface area contributed by atoms with Crippen LogP contribution >= 0.6 is 0 Å². The number of alkyl carbamates (subject to hydrolysis) is 1. The summed E-state index contributed by atoms with van der Waals surface area (Å²) in [4.78, 5) is 18.8. The Morgan fingerprint density at radius 1 is 1.04 bits per heavy atom. The number of carbonyl (C=O) groups excluding carboxylic acids is 1. The van der Waals surface area contributed by atoms with E-state index in [2.05, 4.69) is 39.7 Å². The zero-order valence-electron chi connectivity index (χ0n) is 17.8. The van der Waals surface area contributed by atoms with Crippen molar-refractivity contribution in [2.75, 3.05) is 33.7 Å². The van der Waals surface area contributed by atoms with E-state index in [1.807, 2.05) is 55.6 Å². The van der Waals surface area contributed by atoms with Gasteiger partial charge in [0.15, 0.2) is 5.96 Å². The Labute approximate surface area is 154 Å². The average Bonchev–Trinajstić information content (AvgIpc) is 2.38. The molecule has 0 aliphatic heterocycles. The fourth-order valence-electron chi connectivity index (χ4n) is 1.68. The first-order valence-corrected chi connectivity index (χ1v) is 8.89. The Morgan fingerprint density at radius 3 is 2.04 bits per heavy atom. The number of rotatable bonds is 7. The number of nitrogens with zero attached hydrogens (tertiary/aromatic N) is 2. The first-order valence-electron chi connectivity index (χ1n) is 8.89. The minimum absolute atomic E-state index is 0.0351. The minimum Gasteiger partial charge on any atom is -0.444 e. The molecule has 0 unspecified atom stereocenters. The Hall–Kier alpha value is -1.50. The molecule has 0 fully saturated rings. The highest BCUT2D eigenvalue weighted by Crippen LogP contribution is 2.10. The highest BCUT2D eigenvalue weighted by molar-refractivity contribution is 5.80. The molecule has 0 spiro atoms. The molecule has 0 aliphatic carbocycles. The second kappa shape index (κ2) is 9.27. The summed E-state index contributed by atoms with van der Waals surface area (Å²) in [5.41, 5.74) is -1.02. The average molecular weight is 358 g/mol. The molecule has 0 aromatic carbocycles. The zero-order valence-corrected chi connectivity index (χ0v) is 17.8. The van der Waals surface area contributed by atoms with Crippen LogP contribution < -0.4 is 16.0 Å². The molecule has 7 heteroatoms. The molecular weight excluding hydrogens is 318 g/mol. The van der Waals surface area contributed by atoms with E-state index in [0.717, 1.165) is 12.5 Å². The molecule has 0 aromatic rings. The van der Waals surface area contributed by atoms with Gasteiger partial charge in [0.2, 0.25) is 0 Å². The van der Waals surface area contributed by atoms with Crippen molar-refractivity contribution in [3.63, 3.8) is 0 Å². The third-order valence-corrected chi connectivity index (χ3v) is 3.72. The Bertz CT molecular complexity index is 451. The van der Waals surface area contributed by atoms with Crippen LogP contribution in [0.15, 0.2) is 4.99 Å². The van der Waals surface area contributed by atoms with Crippen LogP contribution in [0.3, 0.4) is 0 Å². The largest absolute Gasteiger partial charge is 0.444 e. The molecule has 0 heterocycles. The smallest absolute Gasteiger partial charge is 0.408 e. The summed E-state index contributed by atoms with van der Waals surface area (Å²) in [6, 6.07) is 0. The number of hydrogen-bond donors (Lipinski definition) is 3. The highest BCUT2D eigenvalue weighted by atomic mass is 16.6. The molecule has 0 rings (SSSR count). The maximum Gasteiger partial charge on any atom is 0.408 e. The molecule has 3 N–H and O–H groups in total. The Morgan fingerprint density at radius 2 is 1.60 bits per heavy atom. The van der Waals surface area contributed by atoms with Crippen LogP contribution in [-0.2, 0) is 4.74 Å². The Kier molecular flexibility index (Phi) is 8.71. The van der Waals surface area contributed by atoms with Gasteiger partial charge < -0.3 is 25.6 Å². The Balaban J connectivity index is 4.75. The lowest BCUT2D eigenvalue weighted by Crippen LogP contribution is -2.54. The number of nitrogens with one attached hydrogen (secondary N) is 3. The molecule has 0 aromatic heterocycles. The number of ether oxygens (including phenoxy) is 1. The molecule has 148 valence electrons. The van der Waals surface area contributed by atoms with Crippen LogP contribution in [0.25, 0.3) is 0 Å². The van der Waals surface area contributed by atoms with Crippen molar-refractivity contribution in [2.24, 2.45) is 4.99 Å². The quantitative estimate of drug-likeness (QED) is 0.481. The number of aliphatic imine (C=N–C) groups is 1. The molecule has 0 radical (unpaired) electrons. The van der Waals surface area contributed by atoms with Crippen molar-refractivity contribution in [2.45, 2.75) is 72.1 Å². The van der Waals surface area contributed by atoms with Gasteiger partial charge in [0, 0.05) is 18.6 Å². The molecule has 0 atom stereocenters. The monoisotopic (exact) mass is 357 g/mol. The van der Waals surface area contributed by atoms with Crippen molar-refractivity contribution in [3.8, 4) is 0 Å². The second-order valence-corrected chi connectivity index (χ2v) is 8.77. The van der Waals surface area contributed by atoms with Gasteiger partial charge in [-0.3, -0.25) is 4.99 Å². The number of hydrogen-bond acceptors (Lipinski definition) is 4. The van der Waals surface area contributed by atoms with Crippen LogP contribution in [0.5, 0.6) is 0 Å². The van der Waals surface area contributed by atoms with Gasteiger partial charge in [0.25, 0.3) is 0 Å². The summed E-state index contributed by atoms with van der Waals surface area (Å²) < 4.78 is 5.32. The van der Waals surface area contributed by atoms with Crippen molar-refractivity contribution in [3.05, 3.63) is 0 Å². The number of carbonyl (C=O) groups is 1. The van der Waals surface area contributed by atoms with Crippen molar-refractivity contribution in [1.82, 2.24) is 20.9 Å². The topological polar surface area (TPSA) is 78.0 Å². The van der Waals surface area contributed by atoms with Crippen LogP contribution in [0.4, 0.5) is 4.79 Å². The summed E-state index contributed by atoms with van der Waals surface area (Å²) in [5, 5.41) is 9.41. The first-order chi connectivity index (χ1) is 11.2. The molecule has 7 nitrogen and oxygen atoms in total. The van der Waals surface area contributed by atoms with Gasteiger partial charge in [-0.2, -0.15) is 0 Å². The van der Waals surface area contributed by atoms with Crippen LogP contribution in [0, 0.1) is 0 Å². The van der Waals surface area contributed by atoms with Gasteiger partial charge in [-0.25, -0.2) is 4.79 Å². The molecule has 0 saturated heterocycles. The van der Waals surface area contributed by atoms with Gasteiger partial charge >= 0.3 is 6.09 Å². The third kappa shape index (κ3) is 10.9. The van der Waals surface area contributed by atoms with Crippen LogP contribution in [-0.4, -0.2) is 67.4 Å². The molecule has 0 saturated carbocycles. The summed E-state index contributed by atoms with van der Waals surface area (Å²) in [6.07, 6.45) is -0.421. The maximum absolute atomic E-state index is 12.0. The lowest BCUT2D eigenvalue weighted by molar-refractivity contribution is 0.0474. The third-order valence-electron chi connectivity index (χ3n) is 3.72. The number of likely N-dealkylation sites (N-methyl/N-ethyl adjacent to an activating group) is 1. The molecule has 0 aliphatic rings. The van der Waals surface area contributed by atoms with E-state index in [4.69, 9.17) is 4.74 Å². The second-order valence-electron chi connectivity index (χ2n) is 8.77. The predicted octanol–water partition coefficient (Wildman–Crippen LogP) is 2.18. The lowest BCUT2D eigenvalue weighted by atomic mass is 10.1. The fraction of sp³-hybridized carbons (Fsp3) is 0.889. The SMILES string of the molecule is CCNC(=NCC(C)(C)N(C)C)NCC(C)(C)NC(=O)OC(C)(C)C. The van der Waals surface area contributed by atoms with Crippen molar-refractivity contribution in [1.29, 1.82) is 0 Å². The van der Waals surface area contributed by atoms with Gasteiger partial charge in [0.1, 0.15) is 5.60 Å². The molecule has 1 amide bonds. The molecular formula is C18H39N5O2. The first kappa shape index (κ1) is 23.5. The number of amides is 1. The normalized spacial score (nSPS) is 13.6. The summed E-state index contributed by atoms with van der Waals surface area (Å²) in [5.74, 6) is 0.733. The van der Waals surface area contributed by atoms with Crippen LogP contribution in [0.2, 0.25) is 0 Å².